The van der Waals surface area contributed by atoms with Gasteiger partial charge >= 0.3 is 0 Å². The SMILES string of the molecule is Cc1cc(CBr)cnc1N1CCN(C)C(C)C1. The molecule has 1 aromatic rings. The molecule has 0 saturated carbocycles. The van der Waals surface area contributed by atoms with Gasteiger partial charge in [0.15, 0.2) is 0 Å². The average Bonchev–Trinajstić information content (AvgIpc) is 2.32. The van der Waals surface area contributed by atoms with E-state index in [2.05, 4.69) is 57.7 Å². The zero-order chi connectivity index (χ0) is 12.4. The molecule has 0 radical (unpaired) electrons. The maximum Gasteiger partial charge on any atom is 0.131 e. The van der Waals surface area contributed by atoms with Crippen molar-refractivity contribution in [2.75, 3.05) is 31.6 Å². The summed E-state index contributed by atoms with van der Waals surface area (Å²) in [6.45, 7) is 7.68. The van der Waals surface area contributed by atoms with Crippen molar-refractivity contribution in [3.63, 3.8) is 0 Å². The van der Waals surface area contributed by atoms with Crippen molar-refractivity contribution in [3.8, 4) is 0 Å². The molecule has 94 valence electrons. The predicted molar refractivity (Wildman–Crippen MR) is 75.9 cm³/mol. The molecule has 0 amide bonds. The van der Waals surface area contributed by atoms with E-state index in [1.165, 1.54) is 11.1 Å². The molecule has 0 aromatic carbocycles. The summed E-state index contributed by atoms with van der Waals surface area (Å²) in [5, 5.41) is 0.875. The van der Waals surface area contributed by atoms with Gasteiger partial charge in [0.25, 0.3) is 0 Å². The molecule has 1 aromatic heterocycles. The van der Waals surface area contributed by atoms with Crippen molar-refractivity contribution in [2.45, 2.75) is 25.2 Å². The Morgan fingerprint density at radius 1 is 1.47 bits per heavy atom. The maximum absolute atomic E-state index is 4.61. The number of piperazine rings is 1. The van der Waals surface area contributed by atoms with E-state index in [9.17, 15) is 0 Å². The van der Waals surface area contributed by atoms with Crippen LogP contribution in [0.4, 0.5) is 5.82 Å². The number of hydrogen-bond donors (Lipinski definition) is 0. The highest BCUT2D eigenvalue weighted by Gasteiger charge is 2.22. The van der Waals surface area contributed by atoms with Crippen molar-refractivity contribution in [1.29, 1.82) is 0 Å². The summed E-state index contributed by atoms with van der Waals surface area (Å²) < 4.78 is 0. The van der Waals surface area contributed by atoms with Crippen molar-refractivity contribution < 1.29 is 0 Å². The second-order valence-corrected chi connectivity index (χ2v) is 5.45. The number of aromatic nitrogens is 1. The van der Waals surface area contributed by atoms with Crippen molar-refractivity contribution in [1.82, 2.24) is 9.88 Å². The van der Waals surface area contributed by atoms with Crippen molar-refractivity contribution in [2.24, 2.45) is 0 Å². The quantitative estimate of drug-likeness (QED) is 0.782. The first-order valence-corrected chi connectivity index (χ1v) is 7.20. The third-order valence-electron chi connectivity index (χ3n) is 3.52. The fraction of sp³-hybridized carbons (Fsp3) is 0.615. The van der Waals surface area contributed by atoms with Crippen LogP contribution in [0, 0.1) is 6.92 Å². The first kappa shape index (κ1) is 12.8. The molecule has 2 heterocycles. The molecule has 0 aliphatic carbocycles. The second-order valence-electron chi connectivity index (χ2n) is 4.89. The maximum atomic E-state index is 4.61. The van der Waals surface area contributed by atoms with Crippen LogP contribution in [-0.2, 0) is 5.33 Å². The Labute approximate surface area is 112 Å². The van der Waals surface area contributed by atoms with Gasteiger partial charge in [0, 0.05) is 37.2 Å². The third-order valence-corrected chi connectivity index (χ3v) is 4.17. The van der Waals surface area contributed by atoms with Crippen LogP contribution in [0.3, 0.4) is 0 Å². The summed E-state index contributed by atoms with van der Waals surface area (Å²) in [7, 11) is 2.19. The number of halogens is 1. The smallest absolute Gasteiger partial charge is 0.131 e. The molecule has 2 rings (SSSR count). The molecule has 1 unspecified atom stereocenters. The summed E-state index contributed by atoms with van der Waals surface area (Å²) in [5.41, 5.74) is 2.52. The lowest BCUT2D eigenvalue weighted by atomic mass is 10.1. The van der Waals surface area contributed by atoms with Crippen LogP contribution in [0.25, 0.3) is 0 Å². The number of hydrogen-bond acceptors (Lipinski definition) is 3. The summed E-state index contributed by atoms with van der Waals surface area (Å²) in [6.07, 6.45) is 1.97. The zero-order valence-electron chi connectivity index (χ0n) is 10.8. The number of aryl methyl sites for hydroxylation is 1. The largest absolute Gasteiger partial charge is 0.354 e. The lowest BCUT2D eigenvalue weighted by Crippen LogP contribution is -2.50. The average molecular weight is 298 g/mol. The number of pyridine rings is 1. The fourth-order valence-corrected chi connectivity index (χ4v) is 2.58. The van der Waals surface area contributed by atoms with E-state index in [-0.39, 0.29) is 0 Å². The Morgan fingerprint density at radius 3 is 2.82 bits per heavy atom. The van der Waals surface area contributed by atoms with Crippen LogP contribution < -0.4 is 4.90 Å². The molecule has 1 aliphatic heterocycles. The van der Waals surface area contributed by atoms with Crippen LogP contribution in [0.1, 0.15) is 18.1 Å². The number of rotatable bonds is 2. The Kier molecular flexibility index (Phi) is 4.05. The van der Waals surface area contributed by atoms with Gasteiger partial charge in [-0.15, -0.1) is 0 Å². The highest BCUT2D eigenvalue weighted by molar-refractivity contribution is 9.08. The molecule has 3 nitrogen and oxygen atoms in total. The van der Waals surface area contributed by atoms with Gasteiger partial charge in [-0.05, 0) is 32.0 Å². The highest BCUT2D eigenvalue weighted by atomic mass is 79.9. The third kappa shape index (κ3) is 2.80. The number of alkyl halides is 1. The minimum absolute atomic E-state index is 0.598. The van der Waals surface area contributed by atoms with Crippen LogP contribution in [0.2, 0.25) is 0 Å². The Morgan fingerprint density at radius 2 is 2.24 bits per heavy atom. The lowest BCUT2D eigenvalue weighted by Gasteiger charge is -2.38. The number of likely N-dealkylation sites (N-methyl/N-ethyl adjacent to an activating group) is 1. The van der Waals surface area contributed by atoms with E-state index in [0.717, 1.165) is 30.8 Å². The minimum atomic E-state index is 0.598. The molecule has 0 spiro atoms. The van der Waals surface area contributed by atoms with Crippen LogP contribution in [0.5, 0.6) is 0 Å². The summed E-state index contributed by atoms with van der Waals surface area (Å²) in [6, 6.07) is 2.82. The molecule has 17 heavy (non-hydrogen) atoms. The topological polar surface area (TPSA) is 19.4 Å². The van der Waals surface area contributed by atoms with Crippen molar-refractivity contribution in [3.05, 3.63) is 23.4 Å². The first-order valence-electron chi connectivity index (χ1n) is 6.08. The molecule has 1 atom stereocenters. The van der Waals surface area contributed by atoms with Gasteiger partial charge in [-0.25, -0.2) is 4.98 Å². The fourth-order valence-electron chi connectivity index (χ4n) is 2.27. The Balaban J connectivity index is 2.17. The molecule has 0 N–H and O–H groups in total. The van der Waals surface area contributed by atoms with Crippen LogP contribution >= 0.6 is 15.9 Å². The van der Waals surface area contributed by atoms with Gasteiger partial charge in [-0.1, -0.05) is 22.0 Å². The number of nitrogens with zero attached hydrogens (tertiary/aromatic N) is 3. The zero-order valence-corrected chi connectivity index (χ0v) is 12.4. The Bertz CT molecular complexity index is 394. The van der Waals surface area contributed by atoms with Gasteiger partial charge in [-0.2, -0.15) is 0 Å². The summed E-state index contributed by atoms with van der Waals surface area (Å²) in [5.74, 6) is 1.15. The minimum Gasteiger partial charge on any atom is -0.354 e. The molecule has 1 saturated heterocycles. The first-order chi connectivity index (χ1) is 8.11. The standard InChI is InChI=1S/C13H20BrN3/c1-10-6-12(7-14)8-15-13(10)17-5-4-16(3)11(2)9-17/h6,8,11H,4-5,7,9H2,1-3H3. The van der Waals surface area contributed by atoms with Gasteiger partial charge in [-0.3, -0.25) is 0 Å². The van der Waals surface area contributed by atoms with E-state index in [1.807, 2.05) is 6.20 Å². The normalized spacial score (nSPS) is 21.9. The molecule has 0 bridgehead atoms. The van der Waals surface area contributed by atoms with Crippen LogP contribution in [0.15, 0.2) is 12.3 Å². The summed E-state index contributed by atoms with van der Waals surface area (Å²) >= 11 is 3.47. The molecular formula is C13H20BrN3. The van der Waals surface area contributed by atoms with Gasteiger partial charge in [0.2, 0.25) is 0 Å². The van der Waals surface area contributed by atoms with Gasteiger partial charge in [0.1, 0.15) is 5.82 Å². The van der Waals surface area contributed by atoms with Gasteiger partial charge < -0.3 is 9.80 Å². The van der Waals surface area contributed by atoms with E-state index in [0.29, 0.717) is 6.04 Å². The van der Waals surface area contributed by atoms with E-state index in [4.69, 9.17) is 0 Å². The van der Waals surface area contributed by atoms with E-state index in [1.54, 1.807) is 0 Å². The molecular weight excluding hydrogens is 278 g/mol. The van der Waals surface area contributed by atoms with Crippen molar-refractivity contribution >= 4 is 21.7 Å². The highest BCUT2D eigenvalue weighted by Crippen LogP contribution is 2.21. The Hall–Kier alpha value is -0.610. The van der Waals surface area contributed by atoms with E-state index >= 15 is 0 Å². The van der Waals surface area contributed by atoms with E-state index < -0.39 is 0 Å². The monoisotopic (exact) mass is 297 g/mol. The predicted octanol–water partition coefficient (Wildman–Crippen LogP) is 2.43. The van der Waals surface area contributed by atoms with Crippen LogP contribution in [-0.4, -0.2) is 42.6 Å². The number of anilines is 1. The molecule has 1 aliphatic rings. The van der Waals surface area contributed by atoms with Gasteiger partial charge in [0.05, 0.1) is 0 Å². The second kappa shape index (κ2) is 5.36. The lowest BCUT2D eigenvalue weighted by molar-refractivity contribution is 0.233. The molecule has 1 fully saturated rings. The molecule has 4 heteroatoms. The summed E-state index contributed by atoms with van der Waals surface area (Å²) in [4.78, 5) is 9.41.